The summed E-state index contributed by atoms with van der Waals surface area (Å²) in [6.07, 6.45) is 4.12. The average molecular weight is 395 g/mol. The fraction of sp³-hybridized carbons (Fsp3) is 0.500. The van der Waals surface area contributed by atoms with Crippen LogP contribution in [-0.4, -0.2) is 20.4 Å². The van der Waals surface area contributed by atoms with E-state index < -0.39 is 9.05 Å². The molecule has 1 N–H and O–H groups in total. The van der Waals surface area contributed by atoms with Gasteiger partial charge in [0.25, 0.3) is 15.0 Å². The quantitative estimate of drug-likeness (QED) is 0.795. The summed E-state index contributed by atoms with van der Waals surface area (Å²) >= 11 is 3.20. The average Bonchev–Trinajstić information content (AvgIpc) is 2.39. The Morgan fingerprint density at radius 3 is 2.43 bits per heavy atom. The highest BCUT2D eigenvalue weighted by Gasteiger charge is 2.21. The van der Waals surface area contributed by atoms with Gasteiger partial charge in [-0.15, -0.1) is 0 Å². The molecule has 21 heavy (non-hydrogen) atoms. The molecule has 0 unspecified atom stereocenters. The Morgan fingerprint density at radius 1 is 1.24 bits per heavy atom. The number of amides is 1. The van der Waals surface area contributed by atoms with Crippen LogP contribution in [0.3, 0.4) is 0 Å². The van der Waals surface area contributed by atoms with Crippen molar-refractivity contribution in [3.8, 4) is 0 Å². The maximum atomic E-state index is 12.3. The largest absolute Gasteiger partial charge is 0.349 e. The number of hydrogen-bond donors (Lipinski definition) is 1. The minimum atomic E-state index is -3.86. The first kappa shape index (κ1) is 16.8. The van der Waals surface area contributed by atoms with Gasteiger partial charge in [0.2, 0.25) is 0 Å². The van der Waals surface area contributed by atoms with Crippen molar-refractivity contribution in [2.45, 2.75) is 43.5 Å². The molecule has 1 aliphatic carbocycles. The van der Waals surface area contributed by atoms with Gasteiger partial charge >= 0.3 is 0 Å². The van der Waals surface area contributed by atoms with E-state index in [1.165, 1.54) is 12.1 Å². The number of nitrogens with one attached hydrogen (secondary N) is 1. The SMILES string of the molecule is CC1CCC(NC(=O)c2cc(Br)cc(S(=O)(=O)Cl)c2)CC1. The number of benzene rings is 1. The monoisotopic (exact) mass is 393 g/mol. The van der Waals surface area contributed by atoms with Gasteiger partial charge < -0.3 is 5.32 Å². The summed E-state index contributed by atoms with van der Waals surface area (Å²) in [6, 6.07) is 4.42. The highest BCUT2D eigenvalue weighted by atomic mass is 79.9. The zero-order valence-electron chi connectivity index (χ0n) is 11.6. The van der Waals surface area contributed by atoms with E-state index in [1.807, 2.05) is 0 Å². The molecule has 1 aromatic carbocycles. The van der Waals surface area contributed by atoms with E-state index in [9.17, 15) is 13.2 Å². The first-order valence-corrected chi connectivity index (χ1v) is 9.92. The van der Waals surface area contributed by atoms with E-state index in [2.05, 4.69) is 28.2 Å². The van der Waals surface area contributed by atoms with Gasteiger partial charge in [0, 0.05) is 26.8 Å². The topological polar surface area (TPSA) is 63.2 Å². The summed E-state index contributed by atoms with van der Waals surface area (Å²) in [4.78, 5) is 12.2. The lowest BCUT2D eigenvalue weighted by Crippen LogP contribution is -2.37. The first-order valence-electron chi connectivity index (χ1n) is 6.82. The molecule has 116 valence electrons. The van der Waals surface area contributed by atoms with Crippen molar-refractivity contribution in [3.05, 3.63) is 28.2 Å². The summed E-state index contributed by atoms with van der Waals surface area (Å²) in [5.74, 6) is 0.439. The standard InChI is InChI=1S/C14H17BrClNO3S/c1-9-2-4-12(5-3-9)17-14(18)10-6-11(15)8-13(7-10)21(16,19)20/h6-9,12H,2-5H2,1H3,(H,17,18). The van der Waals surface area contributed by atoms with Crippen LogP contribution in [0.1, 0.15) is 43.0 Å². The Morgan fingerprint density at radius 2 is 1.86 bits per heavy atom. The number of rotatable bonds is 3. The third kappa shape index (κ3) is 4.69. The number of halogens is 2. The molecule has 0 heterocycles. The molecule has 1 fully saturated rings. The molecule has 1 saturated carbocycles. The van der Waals surface area contributed by atoms with Gasteiger partial charge in [-0.3, -0.25) is 4.79 Å². The molecule has 4 nitrogen and oxygen atoms in total. The van der Waals surface area contributed by atoms with Crippen LogP contribution in [0, 0.1) is 5.92 Å². The van der Waals surface area contributed by atoms with E-state index in [1.54, 1.807) is 6.07 Å². The molecule has 0 spiro atoms. The highest BCUT2D eigenvalue weighted by Crippen LogP contribution is 2.25. The highest BCUT2D eigenvalue weighted by molar-refractivity contribution is 9.10. The van der Waals surface area contributed by atoms with E-state index in [-0.39, 0.29) is 16.8 Å². The molecule has 1 aromatic rings. The normalized spacial score (nSPS) is 22.8. The Hall–Kier alpha value is -0.590. The summed E-state index contributed by atoms with van der Waals surface area (Å²) in [5.41, 5.74) is 0.294. The van der Waals surface area contributed by atoms with Crippen molar-refractivity contribution < 1.29 is 13.2 Å². The summed E-state index contributed by atoms with van der Waals surface area (Å²) in [7, 11) is 1.48. The molecule has 1 aliphatic rings. The molecule has 2 rings (SSSR count). The van der Waals surface area contributed by atoms with E-state index in [4.69, 9.17) is 10.7 Å². The molecular weight excluding hydrogens is 378 g/mol. The van der Waals surface area contributed by atoms with Gasteiger partial charge in [-0.2, -0.15) is 0 Å². The lowest BCUT2D eigenvalue weighted by Gasteiger charge is -2.27. The molecule has 0 radical (unpaired) electrons. The third-order valence-corrected chi connectivity index (χ3v) is 5.56. The smallest absolute Gasteiger partial charge is 0.261 e. The first-order chi connectivity index (χ1) is 9.75. The van der Waals surface area contributed by atoms with Gasteiger partial charge in [-0.1, -0.05) is 22.9 Å². The minimum Gasteiger partial charge on any atom is -0.349 e. The van der Waals surface area contributed by atoms with Crippen LogP contribution in [0.4, 0.5) is 0 Å². The van der Waals surface area contributed by atoms with Crippen LogP contribution in [0.15, 0.2) is 27.6 Å². The van der Waals surface area contributed by atoms with E-state index in [0.717, 1.165) is 25.7 Å². The van der Waals surface area contributed by atoms with Gasteiger partial charge in [0.1, 0.15) is 0 Å². The molecule has 0 bridgehead atoms. The number of hydrogen-bond acceptors (Lipinski definition) is 3. The van der Waals surface area contributed by atoms with Crippen LogP contribution >= 0.6 is 26.6 Å². The molecule has 1 amide bonds. The molecule has 0 atom stereocenters. The van der Waals surface area contributed by atoms with Crippen molar-refractivity contribution in [3.63, 3.8) is 0 Å². The van der Waals surface area contributed by atoms with Crippen LogP contribution in [0.2, 0.25) is 0 Å². The summed E-state index contributed by atoms with van der Waals surface area (Å²) in [6.45, 7) is 2.21. The zero-order chi connectivity index (χ0) is 15.6. The van der Waals surface area contributed by atoms with Crippen LogP contribution in [-0.2, 0) is 9.05 Å². The predicted molar refractivity (Wildman–Crippen MR) is 86.1 cm³/mol. The van der Waals surface area contributed by atoms with Crippen molar-refractivity contribution in [1.82, 2.24) is 5.32 Å². The zero-order valence-corrected chi connectivity index (χ0v) is 14.8. The molecule has 0 aliphatic heterocycles. The fourth-order valence-electron chi connectivity index (χ4n) is 2.51. The van der Waals surface area contributed by atoms with E-state index in [0.29, 0.717) is 16.0 Å². The lowest BCUT2D eigenvalue weighted by molar-refractivity contribution is 0.0922. The second-order valence-corrected chi connectivity index (χ2v) is 9.03. The Bertz CT molecular complexity index is 640. The minimum absolute atomic E-state index is 0.0824. The lowest BCUT2D eigenvalue weighted by atomic mass is 9.87. The van der Waals surface area contributed by atoms with Gasteiger partial charge in [0.15, 0.2) is 0 Å². The number of carbonyl (C=O) groups excluding carboxylic acids is 1. The molecular formula is C14H17BrClNO3S. The van der Waals surface area contributed by atoms with Crippen LogP contribution in [0.25, 0.3) is 0 Å². The van der Waals surface area contributed by atoms with Crippen molar-refractivity contribution in [1.29, 1.82) is 0 Å². The van der Waals surface area contributed by atoms with Gasteiger partial charge in [0.05, 0.1) is 4.90 Å². The molecule has 0 saturated heterocycles. The number of carbonyl (C=O) groups is 1. The van der Waals surface area contributed by atoms with Crippen molar-refractivity contribution in [2.75, 3.05) is 0 Å². The molecule has 0 aromatic heterocycles. The summed E-state index contributed by atoms with van der Waals surface area (Å²) in [5, 5.41) is 2.96. The Balaban J connectivity index is 2.14. The third-order valence-electron chi connectivity index (χ3n) is 3.77. The van der Waals surface area contributed by atoms with Crippen molar-refractivity contribution >= 4 is 41.6 Å². The van der Waals surface area contributed by atoms with Gasteiger partial charge in [-0.05, 0) is 49.8 Å². The van der Waals surface area contributed by atoms with Gasteiger partial charge in [-0.25, -0.2) is 8.42 Å². The molecule has 7 heteroatoms. The second kappa shape index (κ2) is 6.67. The maximum absolute atomic E-state index is 12.3. The maximum Gasteiger partial charge on any atom is 0.261 e. The fourth-order valence-corrected chi connectivity index (χ4v) is 3.96. The predicted octanol–water partition coefficient (Wildman–Crippen LogP) is 3.69. The van der Waals surface area contributed by atoms with Crippen molar-refractivity contribution in [2.24, 2.45) is 5.92 Å². The second-order valence-electron chi connectivity index (χ2n) is 5.54. The van der Waals surface area contributed by atoms with Crippen LogP contribution < -0.4 is 5.32 Å². The van der Waals surface area contributed by atoms with E-state index >= 15 is 0 Å². The Kier molecular flexibility index (Phi) is 5.33. The van der Waals surface area contributed by atoms with Crippen LogP contribution in [0.5, 0.6) is 0 Å². The Labute approximate surface area is 137 Å². The summed E-state index contributed by atoms with van der Waals surface area (Å²) < 4.78 is 23.3.